The Kier molecular flexibility index (Phi) is 5.99. The minimum Gasteiger partial charge on any atom is -0.477 e. The Hall–Kier alpha value is -3.16. The van der Waals surface area contributed by atoms with Crippen LogP contribution in [0.2, 0.25) is 0 Å². The van der Waals surface area contributed by atoms with Crippen molar-refractivity contribution in [2.24, 2.45) is 5.92 Å². The van der Waals surface area contributed by atoms with Crippen molar-refractivity contribution in [3.63, 3.8) is 0 Å². The number of aryl methyl sites for hydroxylation is 1. The molecule has 1 aromatic carbocycles. The van der Waals surface area contributed by atoms with E-state index in [1.165, 1.54) is 13.0 Å². The molecule has 0 fully saturated rings. The molecule has 0 radical (unpaired) electrons. The molecule has 0 saturated heterocycles. The average Bonchev–Trinajstić information content (AvgIpc) is 2.57. The zero-order chi connectivity index (χ0) is 20.3. The van der Waals surface area contributed by atoms with Gasteiger partial charge >= 0.3 is 18.0 Å². The second-order valence-corrected chi connectivity index (χ2v) is 6.62. The summed E-state index contributed by atoms with van der Waals surface area (Å²) in [6.07, 6.45) is 0.131. The Morgan fingerprint density at radius 2 is 1.85 bits per heavy atom. The molecule has 0 spiro atoms. The number of fused-ring (bicyclic) bond motifs is 1. The third-order valence-corrected chi connectivity index (χ3v) is 3.72. The van der Waals surface area contributed by atoms with Gasteiger partial charge in [-0.15, -0.1) is 0 Å². The average molecular weight is 375 g/mol. The molecule has 2 aromatic rings. The fourth-order valence-corrected chi connectivity index (χ4v) is 2.60. The SMILES string of the molecule is CC(=O)OCc1cc(C)cc2c(=O)c(C(=O)O)cn(C(=O)OCC(C)C)c12. The first-order valence-electron chi connectivity index (χ1n) is 8.34. The van der Waals surface area contributed by atoms with Crippen LogP contribution < -0.4 is 5.43 Å². The molecule has 0 amide bonds. The van der Waals surface area contributed by atoms with Gasteiger partial charge in [-0.25, -0.2) is 9.59 Å². The number of aromatic nitrogens is 1. The lowest BCUT2D eigenvalue weighted by Crippen LogP contribution is -2.25. The van der Waals surface area contributed by atoms with Gasteiger partial charge in [-0.3, -0.25) is 14.2 Å². The van der Waals surface area contributed by atoms with Crippen molar-refractivity contribution in [3.8, 4) is 0 Å². The number of hydrogen-bond donors (Lipinski definition) is 1. The molecule has 0 aliphatic carbocycles. The van der Waals surface area contributed by atoms with Crippen molar-refractivity contribution in [2.75, 3.05) is 6.61 Å². The lowest BCUT2D eigenvalue weighted by molar-refractivity contribution is -0.142. The monoisotopic (exact) mass is 375 g/mol. The summed E-state index contributed by atoms with van der Waals surface area (Å²) < 4.78 is 11.2. The van der Waals surface area contributed by atoms with Crippen molar-refractivity contribution in [1.82, 2.24) is 4.57 Å². The van der Waals surface area contributed by atoms with E-state index in [1.807, 2.05) is 13.8 Å². The van der Waals surface area contributed by atoms with Crippen molar-refractivity contribution < 1.29 is 29.0 Å². The Bertz CT molecular complexity index is 972. The second-order valence-electron chi connectivity index (χ2n) is 6.62. The molecule has 1 heterocycles. The second kappa shape index (κ2) is 8.03. The lowest BCUT2D eigenvalue weighted by Gasteiger charge is -2.16. The highest BCUT2D eigenvalue weighted by Crippen LogP contribution is 2.21. The van der Waals surface area contributed by atoms with Gasteiger partial charge in [-0.2, -0.15) is 0 Å². The number of carbonyl (C=O) groups excluding carboxylic acids is 2. The number of rotatable bonds is 5. The van der Waals surface area contributed by atoms with Crippen LogP contribution >= 0.6 is 0 Å². The van der Waals surface area contributed by atoms with Crippen molar-refractivity contribution in [2.45, 2.75) is 34.3 Å². The summed E-state index contributed by atoms with van der Waals surface area (Å²) in [4.78, 5) is 47.8. The number of aromatic carboxylic acids is 1. The van der Waals surface area contributed by atoms with Gasteiger partial charge in [0.25, 0.3) is 0 Å². The van der Waals surface area contributed by atoms with Crippen LogP contribution in [0.4, 0.5) is 4.79 Å². The van der Waals surface area contributed by atoms with Gasteiger partial charge in [-0.1, -0.05) is 19.9 Å². The highest BCUT2D eigenvalue weighted by atomic mass is 16.5. The molecule has 0 aliphatic heterocycles. The lowest BCUT2D eigenvalue weighted by atomic mass is 10.0. The minimum absolute atomic E-state index is 0.0403. The van der Waals surface area contributed by atoms with E-state index in [-0.39, 0.29) is 30.0 Å². The fourth-order valence-electron chi connectivity index (χ4n) is 2.60. The third kappa shape index (κ3) is 4.52. The molecular weight excluding hydrogens is 354 g/mol. The van der Waals surface area contributed by atoms with E-state index in [0.29, 0.717) is 11.1 Å². The van der Waals surface area contributed by atoms with E-state index in [2.05, 4.69) is 0 Å². The van der Waals surface area contributed by atoms with Gasteiger partial charge in [0.15, 0.2) is 0 Å². The van der Waals surface area contributed by atoms with E-state index in [4.69, 9.17) is 9.47 Å². The molecule has 0 aliphatic rings. The van der Waals surface area contributed by atoms with Crippen LogP contribution in [0.1, 0.15) is 42.3 Å². The molecule has 0 atom stereocenters. The normalized spacial score (nSPS) is 10.9. The Morgan fingerprint density at radius 3 is 2.41 bits per heavy atom. The summed E-state index contributed by atoms with van der Waals surface area (Å²) in [7, 11) is 0. The van der Waals surface area contributed by atoms with Crippen LogP contribution in [-0.2, 0) is 20.9 Å². The first-order valence-corrected chi connectivity index (χ1v) is 8.34. The van der Waals surface area contributed by atoms with Gasteiger partial charge < -0.3 is 14.6 Å². The maximum Gasteiger partial charge on any atom is 0.418 e. The Labute approximate surface area is 155 Å². The van der Waals surface area contributed by atoms with Crippen molar-refractivity contribution >= 4 is 28.9 Å². The van der Waals surface area contributed by atoms with Crippen LogP contribution in [0.15, 0.2) is 23.1 Å². The molecule has 1 N–H and O–H groups in total. The number of ether oxygens (including phenoxy) is 2. The summed E-state index contributed by atoms with van der Waals surface area (Å²) in [6.45, 7) is 6.62. The molecule has 1 aromatic heterocycles. The predicted molar refractivity (Wildman–Crippen MR) is 97.0 cm³/mol. The molecule has 2 rings (SSSR count). The summed E-state index contributed by atoms with van der Waals surface area (Å²) in [5.41, 5.74) is -0.0565. The summed E-state index contributed by atoms with van der Waals surface area (Å²) in [5.74, 6) is -1.90. The topological polar surface area (TPSA) is 112 Å². The van der Waals surface area contributed by atoms with E-state index < -0.39 is 29.0 Å². The largest absolute Gasteiger partial charge is 0.477 e. The van der Waals surface area contributed by atoms with Crippen LogP contribution in [0, 0.1) is 12.8 Å². The smallest absolute Gasteiger partial charge is 0.418 e. The summed E-state index contributed by atoms with van der Waals surface area (Å²) in [6, 6.07) is 3.16. The number of benzene rings is 1. The first-order chi connectivity index (χ1) is 12.6. The number of pyridine rings is 1. The number of carboxylic acid groups (broad SMARTS) is 1. The third-order valence-electron chi connectivity index (χ3n) is 3.72. The molecule has 8 heteroatoms. The number of esters is 1. The molecule has 0 bridgehead atoms. The molecule has 8 nitrogen and oxygen atoms in total. The van der Waals surface area contributed by atoms with Gasteiger partial charge in [0.1, 0.15) is 12.2 Å². The highest BCUT2D eigenvalue weighted by Gasteiger charge is 2.21. The van der Waals surface area contributed by atoms with Crippen LogP contribution in [0.5, 0.6) is 0 Å². The van der Waals surface area contributed by atoms with E-state index >= 15 is 0 Å². The summed E-state index contributed by atoms with van der Waals surface area (Å²) in [5, 5.41) is 9.37. The minimum atomic E-state index is -1.45. The number of carboxylic acids is 1. The van der Waals surface area contributed by atoms with E-state index in [1.54, 1.807) is 13.0 Å². The van der Waals surface area contributed by atoms with E-state index in [9.17, 15) is 24.3 Å². The Balaban J connectivity index is 2.78. The van der Waals surface area contributed by atoms with Crippen molar-refractivity contribution in [1.29, 1.82) is 0 Å². The van der Waals surface area contributed by atoms with Gasteiger partial charge in [0.2, 0.25) is 5.43 Å². The van der Waals surface area contributed by atoms with E-state index in [0.717, 1.165) is 10.8 Å². The quantitative estimate of drug-likeness (QED) is 0.800. The fraction of sp³-hybridized carbons (Fsp3) is 0.368. The maximum absolute atomic E-state index is 12.6. The number of nitrogens with zero attached hydrogens (tertiary/aromatic N) is 1. The predicted octanol–water partition coefficient (Wildman–Crippen LogP) is 2.71. The van der Waals surface area contributed by atoms with Crippen LogP contribution in [0.25, 0.3) is 10.9 Å². The van der Waals surface area contributed by atoms with Gasteiger partial charge in [0, 0.05) is 24.1 Å². The van der Waals surface area contributed by atoms with Gasteiger partial charge in [-0.05, 0) is 24.5 Å². The molecule has 0 saturated carbocycles. The standard InChI is InChI=1S/C19H21NO7/c1-10(2)8-27-19(25)20-7-15(18(23)24)17(22)14-6-11(3)5-13(16(14)20)9-26-12(4)21/h5-7,10H,8-9H2,1-4H3,(H,23,24). The van der Waals surface area contributed by atoms with Gasteiger partial charge in [0.05, 0.1) is 12.1 Å². The zero-order valence-electron chi connectivity index (χ0n) is 15.6. The Morgan fingerprint density at radius 1 is 1.19 bits per heavy atom. The molecule has 27 heavy (non-hydrogen) atoms. The highest BCUT2D eigenvalue weighted by molar-refractivity contribution is 5.97. The van der Waals surface area contributed by atoms with Crippen LogP contribution in [0.3, 0.4) is 0 Å². The maximum atomic E-state index is 12.6. The van der Waals surface area contributed by atoms with Crippen molar-refractivity contribution in [3.05, 3.63) is 45.2 Å². The van der Waals surface area contributed by atoms with Crippen LogP contribution in [-0.4, -0.2) is 34.3 Å². The molecular formula is C19H21NO7. The first kappa shape index (κ1) is 20.2. The number of hydrogen-bond acceptors (Lipinski definition) is 6. The zero-order valence-corrected chi connectivity index (χ0v) is 15.6. The summed E-state index contributed by atoms with van der Waals surface area (Å²) >= 11 is 0. The molecule has 144 valence electrons. The number of carbonyl (C=O) groups is 3. The molecule has 0 unspecified atom stereocenters.